The average Bonchev–Trinajstić information content (AvgIpc) is 2.92. The summed E-state index contributed by atoms with van der Waals surface area (Å²) < 4.78 is 18.9. The van der Waals surface area contributed by atoms with E-state index in [0.29, 0.717) is 28.8 Å². The molecule has 22 heavy (non-hydrogen) atoms. The van der Waals surface area contributed by atoms with Gasteiger partial charge in [-0.2, -0.15) is 4.98 Å². The number of hydrogen-bond acceptors (Lipinski definition) is 6. The van der Waals surface area contributed by atoms with Gasteiger partial charge in [-0.25, -0.2) is 4.39 Å². The number of rotatable bonds is 7. The molecular weight excluding hydrogens is 305 g/mol. The maximum Gasteiger partial charge on any atom is 0.237 e. The van der Waals surface area contributed by atoms with Gasteiger partial charge in [0.05, 0.1) is 11.3 Å². The number of hydrogen-bond donors (Lipinski definition) is 1. The van der Waals surface area contributed by atoms with Crippen LogP contribution in [0.15, 0.2) is 27.6 Å². The molecule has 0 fully saturated rings. The summed E-state index contributed by atoms with van der Waals surface area (Å²) in [4.78, 5) is 16.2. The third-order valence-corrected chi connectivity index (χ3v) is 4.15. The molecule has 0 aliphatic rings. The van der Waals surface area contributed by atoms with E-state index in [-0.39, 0.29) is 17.4 Å². The predicted molar refractivity (Wildman–Crippen MR) is 82.5 cm³/mol. The molecule has 1 N–H and O–H groups in total. The Bertz CT molecular complexity index is 660. The lowest BCUT2D eigenvalue weighted by molar-refractivity contribution is 0.101. The number of aromatic nitrogens is 2. The first-order valence-electron chi connectivity index (χ1n) is 6.91. The highest BCUT2D eigenvalue weighted by Crippen LogP contribution is 2.24. The number of ketones is 1. The van der Waals surface area contributed by atoms with Crippen LogP contribution in [0.2, 0.25) is 0 Å². The monoisotopic (exact) mass is 323 g/mol. The highest BCUT2D eigenvalue weighted by molar-refractivity contribution is 7.98. The van der Waals surface area contributed by atoms with Crippen LogP contribution in [0.25, 0.3) is 0 Å². The topological polar surface area (TPSA) is 68.0 Å². The summed E-state index contributed by atoms with van der Waals surface area (Å²) in [7, 11) is 1.88. The van der Waals surface area contributed by atoms with E-state index >= 15 is 0 Å². The van der Waals surface area contributed by atoms with Gasteiger partial charge in [0.2, 0.25) is 5.89 Å². The van der Waals surface area contributed by atoms with E-state index in [2.05, 4.69) is 15.5 Å². The molecular formula is C15H18FN3O2S. The molecule has 7 heteroatoms. The van der Waals surface area contributed by atoms with E-state index in [9.17, 15) is 9.18 Å². The SMILES string of the molecule is CNC(C)Cc1noc(CSc2ccc(C(C)=O)c(F)c2)n1. The Morgan fingerprint density at radius 1 is 1.50 bits per heavy atom. The third kappa shape index (κ3) is 4.38. The van der Waals surface area contributed by atoms with E-state index in [1.54, 1.807) is 6.07 Å². The molecule has 0 aliphatic carbocycles. The van der Waals surface area contributed by atoms with Crippen molar-refractivity contribution in [2.45, 2.75) is 37.0 Å². The lowest BCUT2D eigenvalue weighted by atomic mass is 10.1. The molecule has 0 spiro atoms. The maximum absolute atomic E-state index is 13.7. The van der Waals surface area contributed by atoms with Crippen LogP contribution in [-0.4, -0.2) is 29.0 Å². The fourth-order valence-corrected chi connectivity index (χ4v) is 2.58. The van der Waals surface area contributed by atoms with Gasteiger partial charge in [0.15, 0.2) is 11.6 Å². The number of nitrogens with zero attached hydrogens (tertiary/aromatic N) is 2. The minimum absolute atomic E-state index is 0.102. The van der Waals surface area contributed by atoms with Gasteiger partial charge >= 0.3 is 0 Å². The molecule has 5 nitrogen and oxygen atoms in total. The minimum atomic E-state index is -0.508. The van der Waals surface area contributed by atoms with Crippen LogP contribution in [0, 0.1) is 5.82 Å². The molecule has 1 unspecified atom stereocenters. The lowest BCUT2D eigenvalue weighted by Gasteiger charge is -2.04. The second-order valence-corrected chi connectivity index (χ2v) is 6.03. The van der Waals surface area contributed by atoms with Crippen molar-refractivity contribution in [1.82, 2.24) is 15.5 Å². The van der Waals surface area contributed by atoms with Gasteiger partial charge in [0.25, 0.3) is 0 Å². The second kappa shape index (κ2) is 7.51. The van der Waals surface area contributed by atoms with Crippen molar-refractivity contribution < 1.29 is 13.7 Å². The van der Waals surface area contributed by atoms with Gasteiger partial charge in [-0.1, -0.05) is 5.16 Å². The standard InChI is InChI=1S/C15H18FN3O2S/c1-9(17-3)6-14-18-15(21-19-14)8-22-11-4-5-12(10(2)20)13(16)7-11/h4-5,7,9,17H,6,8H2,1-3H3. The maximum atomic E-state index is 13.7. The lowest BCUT2D eigenvalue weighted by Crippen LogP contribution is -2.24. The zero-order valence-corrected chi connectivity index (χ0v) is 13.5. The second-order valence-electron chi connectivity index (χ2n) is 4.98. The van der Waals surface area contributed by atoms with Gasteiger partial charge in [-0.15, -0.1) is 11.8 Å². The molecule has 0 radical (unpaired) electrons. The molecule has 1 aromatic carbocycles. The molecule has 0 bridgehead atoms. The fraction of sp³-hybridized carbons (Fsp3) is 0.400. The summed E-state index contributed by atoms with van der Waals surface area (Å²) in [5.41, 5.74) is 0.102. The smallest absolute Gasteiger partial charge is 0.237 e. The predicted octanol–water partition coefficient (Wildman–Crippen LogP) is 2.85. The number of Topliss-reactive ketones (excluding diaryl/α,β-unsaturated/α-hetero) is 1. The molecule has 0 amide bonds. The number of halogens is 1. The molecule has 0 saturated heterocycles. The Labute approximate surface area is 132 Å². The van der Waals surface area contributed by atoms with Gasteiger partial charge in [-0.3, -0.25) is 4.79 Å². The quantitative estimate of drug-likeness (QED) is 0.624. The van der Waals surface area contributed by atoms with Crippen molar-refractivity contribution in [3.05, 3.63) is 41.3 Å². The van der Waals surface area contributed by atoms with Crippen molar-refractivity contribution in [3.8, 4) is 0 Å². The van der Waals surface area contributed by atoms with Crippen molar-refractivity contribution in [2.24, 2.45) is 0 Å². The summed E-state index contributed by atoms with van der Waals surface area (Å²) >= 11 is 1.38. The largest absolute Gasteiger partial charge is 0.338 e. The Morgan fingerprint density at radius 2 is 2.27 bits per heavy atom. The van der Waals surface area contributed by atoms with Crippen LogP contribution in [0.5, 0.6) is 0 Å². The third-order valence-electron chi connectivity index (χ3n) is 3.17. The highest BCUT2D eigenvalue weighted by Gasteiger charge is 2.11. The molecule has 2 rings (SSSR count). The molecule has 0 aliphatic heterocycles. The van der Waals surface area contributed by atoms with E-state index in [1.807, 2.05) is 14.0 Å². The summed E-state index contributed by atoms with van der Waals surface area (Å²) in [5, 5.41) is 7.02. The van der Waals surface area contributed by atoms with Gasteiger partial charge in [0.1, 0.15) is 5.82 Å². The summed E-state index contributed by atoms with van der Waals surface area (Å²) in [6.45, 7) is 3.38. The minimum Gasteiger partial charge on any atom is -0.338 e. The summed E-state index contributed by atoms with van der Waals surface area (Å²) in [6, 6.07) is 4.83. The number of nitrogens with one attached hydrogen (secondary N) is 1. The molecule has 2 aromatic rings. The molecule has 0 saturated carbocycles. The van der Waals surface area contributed by atoms with Crippen molar-refractivity contribution in [1.29, 1.82) is 0 Å². The number of benzene rings is 1. The Kier molecular flexibility index (Phi) is 5.68. The highest BCUT2D eigenvalue weighted by atomic mass is 32.2. The first-order valence-corrected chi connectivity index (χ1v) is 7.90. The normalized spacial score (nSPS) is 12.4. The van der Waals surface area contributed by atoms with Gasteiger partial charge < -0.3 is 9.84 Å². The molecule has 118 valence electrons. The zero-order chi connectivity index (χ0) is 16.1. The number of likely N-dealkylation sites (N-methyl/N-ethyl adjacent to an activating group) is 1. The Morgan fingerprint density at radius 3 is 2.91 bits per heavy atom. The fourth-order valence-electron chi connectivity index (χ4n) is 1.82. The van der Waals surface area contributed by atoms with Crippen LogP contribution in [0.3, 0.4) is 0 Å². The van der Waals surface area contributed by atoms with Gasteiger partial charge in [0, 0.05) is 17.4 Å². The first kappa shape index (κ1) is 16.6. The Balaban J connectivity index is 1.96. The van der Waals surface area contributed by atoms with E-state index in [4.69, 9.17) is 4.52 Å². The molecule has 1 aromatic heterocycles. The summed E-state index contributed by atoms with van der Waals surface area (Å²) in [5.74, 6) is 0.815. The summed E-state index contributed by atoms with van der Waals surface area (Å²) in [6.07, 6.45) is 0.687. The van der Waals surface area contributed by atoms with E-state index in [0.717, 1.165) is 0 Å². The number of thioether (sulfide) groups is 1. The van der Waals surface area contributed by atoms with Crippen LogP contribution >= 0.6 is 11.8 Å². The molecule has 1 heterocycles. The van der Waals surface area contributed by atoms with E-state index in [1.165, 1.54) is 30.8 Å². The zero-order valence-electron chi connectivity index (χ0n) is 12.7. The molecule has 1 atom stereocenters. The van der Waals surface area contributed by atoms with Crippen molar-refractivity contribution >= 4 is 17.5 Å². The number of carbonyl (C=O) groups is 1. The first-order chi connectivity index (χ1) is 10.5. The average molecular weight is 323 g/mol. The van der Waals surface area contributed by atoms with Crippen molar-refractivity contribution in [3.63, 3.8) is 0 Å². The number of carbonyl (C=O) groups excluding carboxylic acids is 1. The van der Waals surface area contributed by atoms with Crippen LogP contribution in [-0.2, 0) is 12.2 Å². The van der Waals surface area contributed by atoms with Crippen molar-refractivity contribution in [2.75, 3.05) is 7.05 Å². The Hall–Kier alpha value is -1.73. The van der Waals surface area contributed by atoms with Crippen LogP contribution in [0.4, 0.5) is 4.39 Å². The van der Waals surface area contributed by atoms with Crippen LogP contribution < -0.4 is 5.32 Å². The van der Waals surface area contributed by atoms with Crippen LogP contribution in [0.1, 0.15) is 35.9 Å². The van der Waals surface area contributed by atoms with E-state index < -0.39 is 5.82 Å². The van der Waals surface area contributed by atoms with Gasteiger partial charge in [-0.05, 0) is 39.1 Å².